The molecule has 0 unspecified atom stereocenters. The molecule has 0 aliphatic rings. The molecule has 1 aromatic carbocycles. The number of benzene rings is 1. The van der Waals surface area contributed by atoms with Crippen LogP contribution in [0.15, 0.2) is 51.0 Å². The van der Waals surface area contributed by atoms with E-state index in [1.807, 2.05) is 0 Å². The van der Waals surface area contributed by atoms with Gasteiger partial charge in [0.05, 0.1) is 29.0 Å². The monoisotopic (exact) mass is 347 g/mol. The maximum Gasteiger partial charge on any atom is 0.259 e. The molecular formula is C16H14FN3O3S. The third-order valence-electron chi connectivity index (χ3n) is 3.32. The number of aromatic nitrogens is 2. The average Bonchev–Trinajstić information content (AvgIpc) is 3.07. The predicted octanol–water partition coefficient (Wildman–Crippen LogP) is 2.45. The smallest absolute Gasteiger partial charge is 0.259 e. The fourth-order valence-electron chi connectivity index (χ4n) is 2.10. The number of H-pyrrole nitrogens is 1. The number of hydrogen-bond donors (Lipinski definition) is 2. The van der Waals surface area contributed by atoms with Crippen molar-refractivity contribution in [2.45, 2.75) is 23.9 Å². The highest BCUT2D eigenvalue weighted by molar-refractivity contribution is 8.00. The van der Waals surface area contributed by atoms with Crippen LogP contribution in [0.1, 0.15) is 12.7 Å². The van der Waals surface area contributed by atoms with Crippen molar-refractivity contribution < 1.29 is 13.6 Å². The molecule has 2 heterocycles. The lowest BCUT2D eigenvalue weighted by Gasteiger charge is -2.11. The molecule has 3 aromatic rings. The number of furan rings is 1. The standard InChI is InChI=1S/C16H14FN3O3S/c1-9(14(21)18-8-11-3-2-6-23-11)24-16-19-13-5-4-10(17)7-12(13)15(22)20-16/h2-7,9H,8H2,1H3,(H,18,21)(H,19,20,22)/t9-/m1/s1. The SMILES string of the molecule is C[C@@H](Sc1nc2ccc(F)cc2c(=O)[nH]1)C(=O)NCc1ccco1. The molecule has 0 saturated heterocycles. The topological polar surface area (TPSA) is 88.0 Å². The lowest BCUT2D eigenvalue weighted by Crippen LogP contribution is -2.30. The van der Waals surface area contributed by atoms with E-state index in [1.54, 1.807) is 19.1 Å². The zero-order valence-corrected chi connectivity index (χ0v) is 13.5. The second kappa shape index (κ2) is 6.88. The van der Waals surface area contributed by atoms with E-state index in [0.29, 0.717) is 16.4 Å². The highest BCUT2D eigenvalue weighted by atomic mass is 32.2. The molecule has 1 amide bonds. The van der Waals surface area contributed by atoms with Crippen molar-refractivity contribution in [1.29, 1.82) is 0 Å². The molecule has 2 N–H and O–H groups in total. The Bertz CT molecular complexity index is 924. The number of hydrogen-bond acceptors (Lipinski definition) is 5. The summed E-state index contributed by atoms with van der Waals surface area (Å²) in [6, 6.07) is 7.31. The van der Waals surface area contributed by atoms with Gasteiger partial charge in [-0.2, -0.15) is 0 Å². The van der Waals surface area contributed by atoms with Crippen LogP contribution in [-0.4, -0.2) is 21.1 Å². The number of amides is 1. The van der Waals surface area contributed by atoms with Crippen molar-refractivity contribution in [3.8, 4) is 0 Å². The number of thioether (sulfide) groups is 1. The number of fused-ring (bicyclic) bond motifs is 1. The predicted molar refractivity (Wildman–Crippen MR) is 88.2 cm³/mol. The Kier molecular flexibility index (Phi) is 4.66. The molecule has 3 rings (SSSR count). The molecule has 0 radical (unpaired) electrons. The maximum atomic E-state index is 13.2. The molecule has 124 valence electrons. The van der Waals surface area contributed by atoms with Crippen LogP contribution in [0, 0.1) is 5.82 Å². The molecule has 0 saturated carbocycles. The molecule has 0 spiro atoms. The highest BCUT2D eigenvalue weighted by Crippen LogP contribution is 2.20. The second-order valence-electron chi connectivity index (χ2n) is 5.09. The third-order valence-corrected chi connectivity index (χ3v) is 4.30. The van der Waals surface area contributed by atoms with E-state index in [4.69, 9.17) is 4.42 Å². The molecule has 0 bridgehead atoms. The lowest BCUT2D eigenvalue weighted by molar-refractivity contribution is -0.120. The first-order valence-corrected chi connectivity index (χ1v) is 8.07. The average molecular weight is 347 g/mol. The van der Waals surface area contributed by atoms with Gasteiger partial charge in [-0.25, -0.2) is 9.37 Å². The Morgan fingerprint density at radius 2 is 2.29 bits per heavy atom. The summed E-state index contributed by atoms with van der Waals surface area (Å²) < 4.78 is 18.3. The van der Waals surface area contributed by atoms with E-state index in [9.17, 15) is 14.0 Å². The summed E-state index contributed by atoms with van der Waals surface area (Å²) in [4.78, 5) is 30.9. The van der Waals surface area contributed by atoms with Gasteiger partial charge in [0.1, 0.15) is 11.6 Å². The summed E-state index contributed by atoms with van der Waals surface area (Å²) >= 11 is 1.12. The summed E-state index contributed by atoms with van der Waals surface area (Å²) in [5, 5.41) is 2.75. The normalized spacial score (nSPS) is 12.2. The summed E-state index contributed by atoms with van der Waals surface area (Å²) in [5.74, 6) is -0.0565. The largest absolute Gasteiger partial charge is 0.467 e. The molecule has 24 heavy (non-hydrogen) atoms. The van der Waals surface area contributed by atoms with E-state index in [0.717, 1.165) is 17.8 Å². The minimum Gasteiger partial charge on any atom is -0.467 e. The molecule has 6 nitrogen and oxygen atoms in total. The van der Waals surface area contributed by atoms with Gasteiger partial charge in [0.25, 0.3) is 5.56 Å². The Labute approximate surface area is 140 Å². The Morgan fingerprint density at radius 1 is 1.46 bits per heavy atom. The number of rotatable bonds is 5. The van der Waals surface area contributed by atoms with Crippen molar-refractivity contribution in [1.82, 2.24) is 15.3 Å². The van der Waals surface area contributed by atoms with Gasteiger partial charge in [-0.15, -0.1) is 0 Å². The van der Waals surface area contributed by atoms with Gasteiger partial charge in [0.15, 0.2) is 5.16 Å². The van der Waals surface area contributed by atoms with Crippen LogP contribution in [0.2, 0.25) is 0 Å². The van der Waals surface area contributed by atoms with Gasteiger partial charge in [-0.1, -0.05) is 11.8 Å². The van der Waals surface area contributed by atoms with Gasteiger partial charge in [0.2, 0.25) is 5.91 Å². The van der Waals surface area contributed by atoms with Crippen LogP contribution in [0.3, 0.4) is 0 Å². The van der Waals surface area contributed by atoms with Crippen LogP contribution in [0.4, 0.5) is 4.39 Å². The van der Waals surface area contributed by atoms with Crippen molar-refractivity contribution >= 4 is 28.6 Å². The quantitative estimate of drug-likeness (QED) is 0.547. The number of halogens is 1. The summed E-state index contributed by atoms with van der Waals surface area (Å²) in [5.41, 5.74) is -0.0592. The lowest BCUT2D eigenvalue weighted by atomic mass is 10.2. The van der Waals surface area contributed by atoms with Crippen molar-refractivity contribution in [3.63, 3.8) is 0 Å². The number of nitrogens with one attached hydrogen (secondary N) is 2. The summed E-state index contributed by atoms with van der Waals surface area (Å²) in [6.45, 7) is 1.99. The van der Waals surface area contributed by atoms with Crippen LogP contribution in [0.5, 0.6) is 0 Å². The maximum absolute atomic E-state index is 13.2. The van der Waals surface area contributed by atoms with Crippen molar-refractivity contribution in [2.75, 3.05) is 0 Å². The third kappa shape index (κ3) is 3.65. The Balaban J connectivity index is 1.70. The van der Waals surface area contributed by atoms with E-state index in [1.165, 1.54) is 18.4 Å². The van der Waals surface area contributed by atoms with Crippen LogP contribution in [0.25, 0.3) is 10.9 Å². The molecule has 8 heteroatoms. The zero-order chi connectivity index (χ0) is 17.1. The van der Waals surface area contributed by atoms with Crippen molar-refractivity contribution in [2.24, 2.45) is 0 Å². The molecular weight excluding hydrogens is 333 g/mol. The molecule has 0 aliphatic carbocycles. The number of carbonyl (C=O) groups is 1. The van der Waals surface area contributed by atoms with Crippen LogP contribution < -0.4 is 10.9 Å². The minimum atomic E-state index is -0.499. The fraction of sp³-hybridized carbons (Fsp3) is 0.188. The van der Waals surface area contributed by atoms with Crippen molar-refractivity contribution in [3.05, 3.63) is 58.5 Å². The number of carbonyl (C=O) groups excluding carboxylic acids is 1. The van der Waals surface area contributed by atoms with Gasteiger partial charge < -0.3 is 14.7 Å². The number of aromatic amines is 1. The second-order valence-corrected chi connectivity index (χ2v) is 6.42. The van der Waals surface area contributed by atoms with Crippen LogP contribution in [-0.2, 0) is 11.3 Å². The van der Waals surface area contributed by atoms with E-state index in [2.05, 4.69) is 15.3 Å². The zero-order valence-electron chi connectivity index (χ0n) is 12.7. The van der Waals surface area contributed by atoms with Gasteiger partial charge in [0, 0.05) is 0 Å². The minimum absolute atomic E-state index is 0.175. The van der Waals surface area contributed by atoms with E-state index in [-0.39, 0.29) is 17.8 Å². The first kappa shape index (κ1) is 16.3. The molecule has 0 fully saturated rings. The Hall–Kier alpha value is -2.61. The van der Waals surface area contributed by atoms with Crippen LogP contribution >= 0.6 is 11.8 Å². The van der Waals surface area contributed by atoms with Gasteiger partial charge in [-0.05, 0) is 37.3 Å². The highest BCUT2D eigenvalue weighted by Gasteiger charge is 2.16. The van der Waals surface area contributed by atoms with Gasteiger partial charge in [-0.3, -0.25) is 9.59 Å². The molecule has 1 atom stereocenters. The summed E-state index contributed by atoms with van der Waals surface area (Å²) in [7, 11) is 0. The molecule has 2 aromatic heterocycles. The van der Waals surface area contributed by atoms with E-state index < -0.39 is 16.6 Å². The first-order valence-electron chi connectivity index (χ1n) is 7.19. The van der Waals surface area contributed by atoms with E-state index >= 15 is 0 Å². The Morgan fingerprint density at radius 3 is 3.04 bits per heavy atom. The molecule has 0 aliphatic heterocycles. The fourth-order valence-corrected chi connectivity index (χ4v) is 2.93. The van der Waals surface area contributed by atoms with Gasteiger partial charge >= 0.3 is 0 Å². The first-order chi connectivity index (χ1) is 11.5. The number of nitrogens with zero attached hydrogens (tertiary/aromatic N) is 1. The summed E-state index contributed by atoms with van der Waals surface area (Å²) in [6.07, 6.45) is 1.53.